The van der Waals surface area contributed by atoms with E-state index in [1.165, 1.54) is 11.3 Å². The molecule has 4 heteroatoms. The fourth-order valence-electron chi connectivity index (χ4n) is 1.51. The highest BCUT2D eigenvalue weighted by atomic mass is 32.1. The van der Waals surface area contributed by atoms with E-state index in [2.05, 4.69) is 0 Å². The summed E-state index contributed by atoms with van der Waals surface area (Å²) < 4.78 is 5.09. The molecule has 0 unspecified atom stereocenters. The van der Waals surface area contributed by atoms with Gasteiger partial charge in [0.1, 0.15) is 6.61 Å². The van der Waals surface area contributed by atoms with Crippen molar-refractivity contribution in [3.63, 3.8) is 0 Å². The highest BCUT2D eigenvalue weighted by Crippen LogP contribution is 2.18. The maximum Gasteiger partial charge on any atom is 0.338 e. The van der Waals surface area contributed by atoms with Gasteiger partial charge in [-0.15, -0.1) is 11.3 Å². The number of ether oxygens (including phenoxy) is 1. The Hall–Kier alpha value is -2.20. The molecule has 0 saturated carbocycles. The zero-order valence-corrected chi connectivity index (χ0v) is 10.9. The molecule has 0 aliphatic rings. The smallest absolute Gasteiger partial charge is 0.338 e. The van der Waals surface area contributed by atoms with Crippen molar-refractivity contribution in [2.75, 3.05) is 6.61 Å². The minimum atomic E-state index is -0.395. The van der Waals surface area contributed by atoms with Crippen LogP contribution in [0.4, 0.5) is 0 Å². The Balaban J connectivity index is 1.96. The second-order valence-corrected chi connectivity index (χ2v) is 4.67. The molecule has 0 N–H and O–H groups in total. The van der Waals surface area contributed by atoms with Crippen molar-refractivity contribution >= 4 is 29.2 Å². The normalized spacial score (nSPS) is 11.1. The molecule has 0 aliphatic heterocycles. The van der Waals surface area contributed by atoms with Gasteiger partial charge in [-0.1, -0.05) is 24.3 Å². The minimum Gasteiger partial charge on any atom is -0.458 e. The van der Waals surface area contributed by atoms with Crippen LogP contribution in [0.25, 0.3) is 5.57 Å². The number of aldehydes is 1. The highest BCUT2D eigenvalue weighted by Gasteiger charge is 2.05. The van der Waals surface area contributed by atoms with Crippen molar-refractivity contribution in [2.45, 2.75) is 0 Å². The van der Waals surface area contributed by atoms with Crippen molar-refractivity contribution in [1.82, 2.24) is 0 Å². The fourth-order valence-corrected chi connectivity index (χ4v) is 2.24. The van der Waals surface area contributed by atoms with E-state index in [9.17, 15) is 9.59 Å². The average Bonchev–Trinajstić information content (AvgIpc) is 2.98. The van der Waals surface area contributed by atoms with Gasteiger partial charge in [0, 0.05) is 10.5 Å². The molecule has 0 atom stereocenters. The Kier molecular flexibility index (Phi) is 4.64. The molecule has 0 saturated heterocycles. The zero-order chi connectivity index (χ0) is 13.5. The van der Waals surface area contributed by atoms with Gasteiger partial charge >= 0.3 is 5.97 Å². The zero-order valence-electron chi connectivity index (χ0n) is 10.1. The number of hydrogen-bond acceptors (Lipinski definition) is 4. The topological polar surface area (TPSA) is 43.4 Å². The molecule has 1 aromatic heterocycles. The molecule has 0 amide bonds. The summed E-state index contributed by atoms with van der Waals surface area (Å²) in [5.41, 5.74) is 1.04. The predicted octanol–water partition coefficient (Wildman–Crippen LogP) is 3.19. The first-order valence-electron chi connectivity index (χ1n) is 5.72. The summed E-state index contributed by atoms with van der Waals surface area (Å²) in [5.74, 6) is -0.395. The molecule has 0 spiro atoms. The molecular formula is C15H12O3S. The van der Waals surface area contributed by atoms with Crippen molar-refractivity contribution in [3.8, 4) is 0 Å². The lowest BCUT2D eigenvalue weighted by Gasteiger charge is -2.02. The standard InChI is InChI=1S/C15H12O3S/c16-11-13(14-7-4-10-19-14)8-9-18-15(17)12-5-2-1-3-6-12/h1-8,10-11H,9H2/b13-8-. The van der Waals surface area contributed by atoms with E-state index in [1.54, 1.807) is 30.3 Å². The van der Waals surface area contributed by atoms with Crippen LogP contribution in [0.3, 0.4) is 0 Å². The number of allylic oxidation sites excluding steroid dienone is 1. The van der Waals surface area contributed by atoms with Crippen LogP contribution in [0.5, 0.6) is 0 Å². The van der Waals surface area contributed by atoms with Crippen LogP contribution in [-0.2, 0) is 9.53 Å². The third-order valence-corrected chi connectivity index (χ3v) is 3.38. The summed E-state index contributed by atoms with van der Waals surface area (Å²) in [6.45, 7) is 0.0830. The molecule has 2 aromatic rings. The van der Waals surface area contributed by atoms with E-state index in [1.807, 2.05) is 23.6 Å². The average molecular weight is 272 g/mol. The van der Waals surface area contributed by atoms with E-state index in [4.69, 9.17) is 4.74 Å². The molecule has 0 bridgehead atoms. The molecule has 96 valence electrons. The second kappa shape index (κ2) is 6.66. The van der Waals surface area contributed by atoms with Crippen LogP contribution < -0.4 is 0 Å². The van der Waals surface area contributed by atoms with Gasteiger partial charge in [-0.05, 0) is 29.7 Å². The Morgan fingerprint density at radius 2 is 1.95 bits per heavy atom. The number of thiophene rings is 1. The Bertz CT molecular complexity index is 571. The Labute approximate surface area is 115 Å². The van der Waals surface area contributed by atoms with Crippen molar-refractivity contribution < 1.29 is 14.3 Å². The van der Waals surface area contributed by atoms with E-state index in [0.29, 0.717) is 11.1 Å². The Morgan fingerprint density at radius 1 is 1.16 bits per heavy atom. The van der Waals surface area contributed by atoms with Gasteiger partial charge in [-0.3, -0.25) is 4.79 Å². The first-order chi connectivity index (χ1) is 9.31. The molecule has 0 fully saturated rings. The van der Waals surface area contributed by atoms with Crippen molar-refractivity contribution in [2.24, 2.45) is 0 Å². The number of hydrogen-bond donors (Lipinski definition) is 0. The quantitative estimate of drug-likeness (QED) is 0.477. The fraction of sp³-hybridized carbons (Fsp3) is 0.0667. The third kappa shape index (κ3) is 3.63. The summed E-state index contributed by atoms with van der Waals surface area (Å²) in [6, 6.07) is 12.5. The van der Waals surface area contributed by atoms with Gasteiger partial charge in [0.25, 0.3) is 0 Å². The molecule has 19 heavy (non-hydrogen) atoms. The lowest BCUT2D eigenvalue weighted by molar-refractivity contribution is -0.103. The predicted molar refractivity (Wildman–Crippen MR) is 75.1 cm³/mol. The highest BCUT2D eigenvalue weighted by molar-refractivity contribution is 7.11. The van der Waals surface area contributed by atoms with Crippen LogP contribution in [0.1, 0.15) is 15.2 Å². The summed E-state index contributed by atoms with van der Waals surface area (Å²) in [6.07, 6.45) is 2.38. The maximum absolute atomic E-state index is 11.7. The summed E-state index contributed by atoms with van der Waals surface area (Å²) in [4.78, 5) is 23.5. The second-order valence-electron chi connectivity index (χ2n) is 3.72. The van der Waals surface area contributed by atoms with Crippen LogP contribution in [0, 0.1) is 0 Å². The largest absolute Gasteiger partial charge is 0.458 e. The van der Waals surface area contributed by atoms with Crippen molar-refractivity contribution in [3.05, 3.63) is 64.4 Å². The third-order valence-electron chi connectivity index (χ3n) is 2.46. The van der Waals surface area contributed by atoms with Gasteiger partial charge < -0.3 is 4.74 Å². The van der Waals surface area contributed by atoms with Crippen molar-refractivity contribution in [1.29, 1.82) is 0 Å². The van der Waals surface area contributed by atoms with Crippen LogP contribution in [0.15, 0.2) is 53.9 Å². The lowest BCUT2D eigenvalue weighted by Crippen LogP contribution is -2.05. The number of carbonyl (C=O) groups is 2. The summed E-state index contributed by atoms with van der Waals surface area (Å²) >= 11 is 1.47. The number of benzene rings is 1. The van der Waals surface area contributed by atoms with Crippen LogP contribution >= 0.6 is 11.3 Å². The van der Waals surface area contributed by atoms with Gasteiger partial charge in [-0.2, -0.15) is 0 Å². The minimum absolute atomic E-state index is 0.0830. The first-order valence-corrected chi connectivity index (χ1v) is 6.60. The molecule has 3 nitrogen and oxygen atoms in total. The number of esters is 1. The molecular weight excluding hydrogens is 260 g/mol. The lowest BCUT2D eigenvalue weighted by atomic mass is 10.2. The SMILES string of the molecule is O=C/C(=C/COC(=O)c1ccccc1)c1cccs1. The summed E-state index contributed by atoms with van der Waals surface area (Å²) in [7, 11) is 0. The molecule has 2 rings (SSSR count). The van der Waals surface area contributed by atoms with E-state index >= 15 is 0 Å². The molecule has 0 aliphatic carbocycles. The summed E-state index contributed by atoms with van der Waals surface area (Å²) in [5, 5.41) is 1.89. The van der Waals surface area contributed by atoms with Gasteiger partial charge in [0.2, 0.25) is 0 Å². The van der Waals surface area contributed by atoms with E-state index in [-0.39, 0.29) is 6.61 Å². The van der Waals surface area contributed by atoms with Gasteiger partial charge in [0.15, 0.2) is 6.29 Å². The monoisotopic (exact) mass is 272 g/mol. The van der Waals surface area contributed by atoms with E-state index in [0.717, 1.165) is 11.2 Å². The van der Waals surface area contributed by atoms with Crippen LogP contribution in [-0.4, -0.2) is 18.9 Å². The number of carbonyl (C=O) groups excluding carboxylic acids is 2. The maximum atomic E-state index is 11.7. The Morgan fingerprint density at radius 3 is 2.58 bits per heavy atom. The van der Waals surface area contributed by atoms with E-state index < -0.39 is 5.97 Å². The molecule has 1 heterocycles. The van der Waals surface area contributed by atoms with Gasteiger partial charge in [-0.25, -0.2) is 4.79 Å². The first kappa shape index (κ1) is 13.2. The number of rotatable bonds is 5. The van der Waals surface area contributed by atoms with Crippen LogP contribution in [0.2, 0.25) is 0 Å². The molecule has 0 radical (unpaired) electrons. The van der Waals surface area contributed by atoms with Gasteiger partial charge in [0.05, 0.1) is 5.56 Å². The molecule has 1 aromatic carbocycles.